The zero-order valence-electron chi connectivity index (χ0n) is 10.1. The summed E-state index contributed by atoms with van der Waals surface area (Å²) in [5.74, 6) is 0. The summed E-state index contributed by atoms with van der Waals surface area (Å²) >= 11 is 1.83. The van der Waals surface area contributed by atoms with E-state index in [4.69, 9.17) is 4.74 Å². The van der Waals surface area contributed by atoms with Crippen LogP contribution in [0.3, 0.4) is 0 Å². The van der Waals surface area contributed by atoms with Crippen LogP contribution in [-0.4, -0.2) is 19.3 Å². The quantitative estimate of drug-likeness (QED) is 0.870. The van der Waals surface area contributed by atoms with Crippen molar-refractivity contribution in [2.75, 3.05) is 7.11 Å². The van der Waals surface area contributed by atoms with E-state index in [1.165, 1.54) is 24.1 Å². The summed E-state index contributed by atoms with van der Waals surface area (Å²) in [7, 11) is 1.83. The molecule has 1 fully saturated rings. The van der Waals surface area contributed by atoms with Gasteiger partial charge in [-0.2, -0.15) is 0 Å². The Morgan fingerprint density at radius 3 is 3.06 bits per heavy atom. The number of rotatable bonds is 4. The van der Waals surface area contributed by atoms with Gasteiger partial charge in [0.05, 0.1) is 6.10 Å². The van der Waals surface area contributed by atoms with Gasteiger partial charge in [-0.15, -0.1) is 11.3 Å². The zero-order valence-corrected chi connectivity index (χ0v) is 10.9. The molecule has 0 bridgehead atoms. The second-order valence-electron chi connectivity index (χ2n) is 4.63. The normalized spacial score (nSPS) is 27.9. The Morgan fingerprint density at radius 1 is 1.50 bits per heavy atom. The number of hydrogen-bond donors (Lipinski definition) is 1. The van der Waals surface area contributed by atoms with E-state index in [1.54, 1.807) is 0 Å². The minimum Gasteiger partial charge on any atom is -0.381 e. The van der Waals surface area contributed by atoms with Gasteiger partial charge in [-0.25, -0.2) is 0 Å². The average molecular weight is 239 g/mol. The number of ether oxygens (including phenoxy) is 1. The van der Waals surface area contributed by atoms with Gasteiger partial charge in [-0.05, 0) is 44.1 Å². The summed E-state index contributed by atoms with van der Waals surface area (Å²) in [6.07, 6.45) is 5.42. The maximum atomic E-state index is 5.46. The van der Waals surface area contributed by atoms with Gasteiger partial charge < -0.3 is 10.1 Å². The van der Waals surface area contributed by atoms with Crippen LogP contribution in [0.5, 0.6) is 0 Å². The van der Waals surface area contributed by atoms with Crippen LogP contribution in [0.25, 0.3) is 0 Å². The highest BCUT2D eigenvalue weighted by Gasteiger charge is 2.23. The number of methoxy groups -OCH3 is 1. The van der Waals surface area contributed by atoms with Crippen molar-refractivity contribution in [2.45, 2.75) is 50.8 Å². The monoisotopic (exact) mass is 239 g/mol. The molecule has 1 saturated carbocycles. The molecule has 3 unspecified atom stereocenters. The van der Waals surface area contributed by atoms with Crippen molar-refractivity contribution in [1.29, 1.82) is 0 Å². The van der Waals surface area contributed by atoms with Gasteiger partial charge in [0.25, 0.3) is 0 Å². The summed E-state index contributed by atoms with van der Waals surface area (Å²) in [6, 6.07) is 5.42. The molecule has 3 atom stereocenters. The van der Waals surface area contributed by atoms with Gasteiger partial charge in [-0.1, -0.05) is 6.07 Å². The first-order valence-electron chi connectivity index (χ1n) is 6.12. The first kappa shape index (κ1) is 12.1. The molecule has 0 aliphatic heterocycles. The molecule has 3 heteroatoms. The van der Waals surface area contributed by atoms with Gasteiger partial charge in [-0.3, -0.25) is 0 Å². The van der Waals surface area contributed by atoms with Gasteiger partial charge in [0.15, 0.2) is 0 Å². The molecular weight excluding hydrogens is 218 g/mol. The van der Waals surface area contributed by atoms with E-state index in [0.717, 1.165) is 6.42 Å². The van der Waals surface area contributed by atoms with Gasteiger partial charge in [0.2, 0.25) is 0 Å². The molecule has 0 aromatic carbocycles. The third-order valence-corrected chi connectivity index (χ3v) is 4.47. The predicted octanol–water partition coefficient (Wildman–Crippen LogP) is 3.36. The fourth-order valence-corrected chi connectivity index (χ4v) is 3.23. The van der Waals surface area contributed by atoms with E-state index in [2.05, 4.69) is 29.8 Å². The lowest BCUT2D eigenvalue weighted by Crippen LogP contribution is -2.37. The van der Waals surface area contributed by atoms with Crippen molar-refractivity contribution in [3.8, 4) is 0 Å². The molecule has 1 aromatic rings. The smallest absolute Gasteiger partial charge is 0.0586 e. The second kappa shape index (κ2) is 5.80. The first-order chi connectivity index (χ1) is 7.79. The summed E-state index contributed by atoms with van der Waals surface area (Å²) in [5, 5.41) is 5.86. The third kappa shape index (κ3) is 3.06. The molecule has 0 radical (unpaired) electrons. The van der Waals surface area contributed by atoms with E-state index >= 15 is 0 Å². The minimum absolute atomic E-state index is 0.460. The van der Waals surface area contributed by atoms with Crippen molar-refractivity contribution in [2.24, 2.45) is 0 Å². The van der Waals surface area contributed by atoms with Crippen LogP contribution in [0, 0.1) is 0 Å². The van der Waals surface area contributed by atoms with Gasteiger partial charge >= 0.3 is 0 Å². The van der Waals surface area contributed by atoms with Crippen molar-refractivity contribution >= 4 is 11.3 Å². The number of nitrogens with one attached hydrogen (secondary N) is 1. The molecule has 0 spiro atoms. The molecule has 1 heterocycles. The van der Waals surface area contributed by atoms with Crippen molar-refractivity contribution in [3.05, 3.63) is 22.4 Å². The lowest BCUT2D eigenvalue weighted by molar-refractivity contribution is 0.0573. The lowest BCUT2D eigenvalue weighted by atomic mass is 9.92. The largest absolute Gasteiger partial charge is 0.381 e. The highest BCUT2D eigenvalue weighted by molar-refractivity contribution is 7.10. The Bertz CT molecular complexity index is 299. The topological polar surface area (TPSA) is 21.3 Å². The number of thiophene rings is 1. The van der Waals surface area contributed by atoms with E-state index in [0.29, 0.717) is 18.2 Å². The highest BCUT2D eigenvalue weighted by Crippen LogP contribution is 2.25. The first-order valence-corrected chi connectivity index (χ1v) is 7.00. The molecule has 1 aliphatic rings. The van der Waals surface area contributed by atoms with Crippen LogP contribution in [0.15, 0.2) is 17.5 Å². The van der Waals surface area contributed by atoms with Gasteiger partial charge in [0.1, 0.15) is 0 Å². The fourth-order valence-electron chi connectivity index (χ4n) is 2.48. The average Bonchev–Trinajstić information content (AvgIpc) is 2.83. The van der Waals surface area contributed by atoms with Crippen LogP contribution in [0.4, 0.5) is 0 Å². The maximum absolute atomic E-state index is 5.46. The molecule has 90 valence electrons. The molecule has 2 rings (SSSR count). The molecule has 1 N–H and O–H groups in total. The summed E-state index contributed by atoms with van der Waals surface area (Å²) in [4.78, 5) is 1.43. The predicted molar refractivity (Wildman–Crippen MR) is 68.9 cm³/mol. The highest BCUT2D eigenvalue weighted by atomic mass is 32.1. The second-order valence-corrected chi connectivity index (χ2v) is 5.60. The summed E-state index contributed by atoms with van der Waals surface area (Å²) in [6.45, 7) is 2.25. The van der Waals surface area contributed by atoms with E-state index in [9.17, 15) is 0 Å². The zero-order chi connectivity index (χ0) is 11.4. The fraction of sp³-hybridized carbons (Fsp3) is 0.692. The Kier molecular flexibility index (Phi) is 4.38. The SMILES string of the molecule is COC1CCCC(NC(C)c2cccs2)C1. The Hall–Kier alpha value is -0.380. The van der Waals surface area contributed by atoms with E-state index in [1.807, 2.05) is 18.4 Å². The van der Waals surface area contributed by atoms with Crippen LogP contribution in [-0.2, 0) is 4.74 Å². The molecular formula is C13H21NOS. The lowest BCUT2D eigenvalue weighted by Gasteiger charge is -2.30. The van der Waals surface area contributed by atoms with E-state index < -0.39 is 0 Å². The van der Waals surface area contributed by atoms with Crippen LogP contribution < -0.4 is 5.32 Å². The van der Waals surface area contributed by atoms with Crippen molar-refractivity contribution in [1.82, 2.24) is 5.32 Å². The molecule has 0 saturated heterocycles. The summed E-state index contributed by atoms with van der Waals surface area (Å²) in [5.41, 5.74) is 0. The standard InChI is InChI=1S/C13H21NOS/c1-10(13-7-4-8-16-13)14-11-5-3-6-12(9-11)15-2/h4,7-8,10-12,14H,3,5-6,9H2,1-2H3. The van der Waals surface area contributed by atoms with Gasteiger partial charge in [0, 0.05) is 24.1 Å². The maximum Gasteiger partial charge on any atom is 0.0586 e. The third-order valence-electron chi connectivity index (χ3n) is 3.42. The molecule has 0 amide bonds. The van der Waals surface area contributed by atoms with Crippen molar-refractivity contribution in [3.63, 3.8) is 0 Å². The van der Waals surface area contributed by atoms with Crippen LogP contribution in [0.2, 0.25) is 0 Å². The Balaban J connectivity index is 1.84. The minimum atomic E-state index is 0.460. The Labute approximate surface area is 102 Å². The van der Waals surface area contributed by atoms with Crippen LogP contribution in [0.1, 0.15) is 43.5 Å². The van der Waals surface area contributed by atoms with E-state index in [-0.39, 0.29) is 0 Å². The summed E-state index contributed by atoms with van der Waals surface area (Å²) < 4.78 is 5.46. The number of hydrogen-bond acceptors (Lipinski definition) is 3. The molecule has 16 heavy (non-hydrogen) atoms. The van der Waals surface area contributed by atoms with Crippen molar-refractivity contribution < 1.29 is 4.74 Å². The molecule has 2 nitrogen and oxygen atoms in total. The molecule has 1 aromatic heterocycles. The Morgan fingerprint density at radius 2 is 2.38 bits per heavy atom. The van der Waals surface area contributed by atoms with Crippen LogP contribution >= 0.6 is 11.3 Å². The molecule has 1 aliphatic carbocycles.